The van der Waals surface area contributed by atoms with Gasteiger partial charge in [-0.3, -0.25) is 0 Å². The molecule has 0 unspecified atom stereocenters. The summed E-state index contributed by atoms with van der Waals surface area (Å²) < 4.78 is 0. The van der Waals surface area contributed by atoms with E-state index >= 15 is 0 Å². The molecular weight excluding hydrogens is 319 g/mol. The third-order valence-electron chi connectivity index (χ3n) is 3.34. The molecule has 0 radical (unpaired) electrons. The van der Waals surface area contributed by atoms with Crippen LogP contribution in [0.25, 0.3) is 21.5 Å². The first kappa shape index (κ1) is 14.6. The quantitative estimate of drug-likeness (QED) is 0.323. The number of nitrogens with two attached hydrogens (primary N) is 2. The van der Waals surface area contributed by atoms with Crippen molar-refractivity contribution >= 4 is 56.9 Å². The molecule has 0 fully saturated rings. The number of hydrogen-bond donors (Lipinski definition) is 2. The van der Waals surface area contributed by atoms with Crippen molar-refractivity contribution in [1.82, 2.24) is 0 Å². The van der Waals surface area contributed by atoms with E-state index in [1.165, 1.54) is 0 Å². The summed E-state index contributed by atoms with van der Waals surface area (Å²) in [6.07, 6.45) is 1.61. The number of halogens is 2. The van der Waals surface area contributed by atoms with Gasteiger partial charge in [-0.2, -0.15) is 5.10 Å². The van der Waals surface area contributed by atoms with Crippen LogP contribution in [0.2, 0.25) is 10.0 Å². The Morgan fingerprint density at radius 2 is 1.59 bits per heavy atom. The molecule has 0 saturated heterocycles. The summed E-state index contributed by atoms with van der Waals surface area (Å²) >= 11 is 12.9. The van der Waals surface area contributed by atoms with Crippen molar-refractivity contribution in [2.75, 3.05) is 0 Å². The van der Waals surface area contributed by atoms with Crippen molar-refractivity contribution in [3.8, 4) is 0 Å². The van der Waals surface area contributed by atoms with E-state index in [4.69, 9.17) is 34.7 Å². The molecule has 4 nitrogen and oxygen atoms in total. The van der Waals surface area contributed by atoms with Gasteiger partial charge in [-0.1, -0.05) is 59.6 Å². The van der Waals surface area contributed by atoms with E-state index in [2.05, 4.69) is 10.2 Å². The van der Waals surface area contributed by atoms with Crippen molar-refractivity contribution in [3.63, 3.8) is 0 Å². The van der Waals surface area contributed by atoms with Crippen LogP contribution in [0.15, 0.2) is 52.7 Å². The summed E-state index contributed by atoms with van der Waals surface area (Å²) in [5.41, 5.74) is 11.5. The Hall–Kier alpha value is -2.30. The molecule has 0 aliphatic carbocycles. The Labute approximate surface area is 137 Å². The number of fused-ring (bicyclic) bond motifs is 2. The van der Waals surface area contributed by atoms with Crippen molar-refractivity contribution in [3.05, 3.63) is 58.1 Å². The van der Waals surface area contributed by atoms with Gasteiger partial charge >= 0.3 is 0 Å². The smallest absolute Gasteiger partial charge is 0.211 e. The van der Waals surface area contributed by atoms with Crippen LogP contribution >= 0.6 is 23.2 Å². The van der Waals surface area contributed by atoms with Crippen LogP contribution in [0.3, 0.4) is 0 Å². The summed E-state index contributed by atoms with van der Waals surface area (Å²) in [4.78, 5) is 0. The van der Waals surface area contributed by atoms with Crippen molar-refractivity contribution in [2.24, 2.45) is 21.7 Å². The average Bonchev–Trinajstić information content (AvgIpc) is 2.50. The van der Waals surface area contributed by atoms with Gasteiger partial charge < -0.3 is 11.5 Å². The molecule has 4 N–H and O–H groups in total. The zero-order chi connectivity index (χ0) is 15.7. The highest BCUT2D eigenvalue weighted by Gasteiger charge is 2.13. The van der Waals surface area contributed by atoms with E-state index in [1.54, 1.807) is 6.21 Å². The summed E-state index contributed by atoms with van der Waals surface area (Å²) in [6, 6.07) is 13.4. The predicted molar refractivity (Wildman–Crippen MR) is 94.9 cm³/mol. The third-order valence-corrected chi connectivity index (χ3v) is 4.04. The van der Waals surface area contributed by atoms with Gasteiger partial charge in [0, 0.05) is 21.4 Å². The standard InChI is InChI=1S/C16H12Cl2N4/c17-13-7-3-6-10-12(8-21-22-16(19)20)9-4-1-2-5-11(9)15(18)14(10)13/h1-8H,(H4,19,20,22)/b21-8+. The van der Waals surface area contributed by atoms with Crippen molar-refractivity contribution < 1.29 is 0 Å². The fourth-order valence-electron chi connectivity index (χ4n) is 2.45. The lowest BCUT2D eigenvalue weighted by molar-refractivity contribution is 1.22. The third kappa shape index (κ3) is 2.47. The van der Waals surface area contributed by atoms with Gasteiger partial charge in [0.1, 0.15) is 0 Å². The van der Waals surface area contributed by atoms with Gasteiger partial charge in [0.05, 0.1) is 11.2 Å². The van der Waals surface area contributed by atoms with Gasteiger partial charge in [0.15, 0.2) is 0 Å². The van der Waals surface area contributed by atoms with Crippen LogP contribution in [0.5, 0.6) is 0 Å². The first-order valence-electron chi connectivity index (χ1n) is 6.50. The van der Waals surface area contributed by atoms with Crippen LogP contribution < -0.4 is 11.5 Å². The van der Waals surface area contributed by atoms with Crippen LogP contribution in [-0.4, -0.2) is 12.2 Å². The maximum Gasteiger partial charge on any atom is 0.211 e. The number of rotatable bonds is 2. The second-order valence-electron chi connectivity index (χ2n) is 4.71. The Kier molecular flexibility index (Phi) is 3.88. The molecule has 0 amide bonds. The minimum Gasteiger partial charge on any atom is -0.369 e. The molecule has 0 saturated carbocycles. The van der Waals surface area contributed by atoms with E-state index in [9.17, 15) is 0 Å². The number of hydrogen-bond acceptors (Lipinski definition) is 2. The van der Waals surface area contributed by atoms with Crippen LogP contribution in [0, 0.1) is 0 Å². The molecule has 3 rings (SSSR count). The topological polar surface area (TPSA) is 76.8 Å². The Bertz CT molecular complexity index is 928. The molecule has 0 aromatic heterocycles. The highest BCUT2D eigenvalue weighted by Crippen LogP contribution is 2.38. The largest absolute Gasteiger partial charge is 0.369 e. The number of benzene rings is 3. The number of nitrogens with zero attached hydrogens (tertiary/aromatic N) is 2. The monoisotopic (exact) mass is 330 g/mol. The van der Waals surface area contributed by atoms with Crippen LogP contribution in [-0.2, 0) is 0 Å². The lowest BCUT2D eigenvalue weighted by Gasteiger charge is -2.11. The normalized spacial score (nSPS) is 11.4. The van der Waals surface area contributed by atoms with E-state index in [1.807, 2.05) is 42.5 Å². The van der Waals surface area contributed by atoms with Gasteiger partial charge in [0.25, 0.3) is 0 Å². The van der Waals surface area contributed by atoms with Crippen LogP contribution in [0.1, 0.15) is 5.56 Å². The van der Waals surface area contributed by atoms with Gasteiger partial charge in [-0.05, 0) is 16.8 Å². The maximum absolute atomic E-state index is 6.54. The zero-order valence-corrected chi connectivity index (χ0v) is 12.9. The van der Waals surface area contributed by atoms with Crippen molar-refractivity contribution in [1.29, 1.82) is 0 Å². The molecule has 0 aliphatic heterocycles. The molecule has 3 aromatic rings. The number of guanidine groups is 1. The molecular formula is C16H12Cl2N4. The van der Waals surface area contributed by atoms with Gasteiger partial charge in [-0.15, -0.1) is 5.10 Å². The van der Waals surface area contributed by atoms with E-state index < -0.39 is 0 Å². The second kappa shape index (κ2) is 5.83. The highest BCUT2D eigenvalue weighted by molar-refractivity contribution is 6.46. The first-order chi connectivity index (χ1) is 10.6. The minimum absolute atomic E-state index is 0.100. The molecule has 22 heavy (non-hydrogen) atoms. The summed E-state index contributed by atoms with van der Waals surface area (Å²) in [7, 11) is 0. The summed E-state index contributed by atoms with van der Waals surface area (Å²) in [5, 5.41) is 12.3. The zero-order valence-electron chi connectivity index (χ0n) is 11.4. The minimum atomic E-state index is -0.100. The van der Waals surface area contributed by atoms with E-state index in [0.717, 1.165) is 27.1 Å². The molecule has 3 aromatic carbocycles. The molecule has 0 atom stereocenters. The fraction of sp³-hybridized carbons (Fsp3) is 0. The highest BCUT2D eigenvalue weighted by atomic mass is 35.5. The first-order valence-corrected chi connectivity index (χ1v) is 7.25. The molecule has 0 aliphatic rings. The van der Waals surface area contributed by atoms with Crippen molar-refractivity contribution in [2.45, 2.75) is 0 Å². The lowest BCUT2D eigenvalue weighted by atomic mass is 9.97. The maximum atomic E-state index is 6.54. The van der Waals surface area contributed by atoms with Gasteiger partial charge in [-0.25, -0.2) is 0 Å². The molecule has 0 heterocycles. The second-order valence-corrected chi connectivity index (χ2v) is 5.49. The molecule has 0 bridgehead atoms. The van der Waals surface area contributed by atoms with Gasteiger partial charge in [0.2, 0.25) is 5.96 Å². The SMILES string of the molecule is NC(N)=N/N=C/c1c2ccccc2c(Cl)c2c(Cl)cccc12. The molecule has 0 spiro atoms. The fourth-order valence-corrected chi connectivity index (χ4v) is 3.14. The average molecular weight is 331 g/mol. The molecule has 110 valence electrons. The lowest BCUT2D eigenvalue weighted by Crippen LogP contribution is -2.21. The van der Waals surface area contributed by atoms with E-state index in [-0.39, 0.29) is 5.96 Å². The van der Waals surface area contributed by atoms with Crippen LogP contribution in [0.4, 0.5) is 0 Å². The Balaban J connectivity index is 2.45. The Morgan fingerprint density at radius 3 is 2.32 bits per heavy atom. The summed E-state index contributed by atoms with van der Waals surface area (Å²) in [6.45, 7) is 0. The predicted octanol–water partition coefficient (Wildman–Crippen LogP) is 3.91. The Morgan fingerprint density at radius 1 is 0.909 bits per heavy atom. The van der Waals surface area contributed by atoms with E-state index in [0.29, 0.717) is 10.0 Å². The molecule has 6 heteroatoms. The summed E-state index contributed by atoms with van der Waals surface area (Å²) in [5.74, 6) is -0.100.